The summed E-state index contributed by atoms with van der Waals surface area (Å²) in [5.41, 5.74) is 3.54. The molecule has 2 aromatic carbocycles. The molecule has 7 heteroatoms. The van der Waals surface area contributed by atoms with E-state index in [1.165, 1.54) is 5.56 Å². The van der Waals surface area contributed by atoms with Crippen LogP contribution in [0.15, 0.2) is 48.2 Å². The minimum atomic E-state index is -0.136. The minimum Gasteiger partial charge on any atom is -0.496 e. The van der Waals surface area contributed by atoms with E-state index in [2.05, 4.69) is 38.2 Å². The summed E-state index contributed by atoms with van der Waals surface area (Å²) in [5, 5.41) is 3.43. The number of nitrogens with zero attached hydrogens (tertiary/aromatic N) is 1. The van der Waals surface area contributed by atoms with Crippen LogP contribution in [0.2, 0.25) is 0 Å². The molecule has 2 aromatic rings. The number of thiocarbonyl (C=S) groups is 1. The molecule has 33 heavy (non-hydrogen) atoms. The lowest BCUT2D eigenvalue weighted by molar-refractivity contribution is -0.122. The van der Waals surface area contributed by atoms with Crippen LogP contribution in [0.3, 0.4) is 0 Å². The van der Waals surface area contributed by atoms with Crippen molar-refractivity contribution in [1.82, 2.24) is 10.2 Å². The van der Waals surface area contributed by atoms with Crippen LogP contribution in [0, 0.1) is 0 Å². The maximum absolute atomic E-state index is 12.7. The number of methoxy groups -OCH3 is 2. The van der Waals surface area contributed by atoms with Crippen molar-refractivity contribution in [3.63, 3.8) is 0 Å². The fraction of sp³-hybridized carbons (Fsp3) is 0.385. The molecule has 1 N–H and O–H groups in total. The van der Waals surface area contributed by atoms with Gasteiger partial charge in [-0.25, -0.2) is 0 Å². The predicted molar refractivity (Wildman–Crippen MR) is 134 cm³/mol. The molecule has 1 aliphatic rings. The Morgan fingerprint density at radius 2 is 1.82 bits per heavy atom. The Morgan fingerprint density at radius 1 is 1.09 bits per heavy atom. The van der Waals surface area contributed by atoms with Gasteiger partial charge in [-0.3, -0.25) is 9.69 Å². The van der Waals surface area contributed by atoms with Gasteiger partial charge in [0.15, 0.2) is 5.11 Å². The first kappa shape index (κ1) is 24.7. The van der Waals surface area contributed by atoms with Gasteiger partial charge in [-0.1, -0.05) is 39.0 Å². The lowest BCUT2D eigenvalue weighted by Gasteiger charge is -2.19. The normalized spacial score (nSPS) is 15.2. The molecule has 0 saturated carbocycles. The monoisotopic (exact) mass is 468 g/mol. The predicted octanol–water partition coefficient (Wildman–Crippen LogP) is 4.67. The number of carbonyl (C=O) groups is 1. The van der Waals surface area contributed by atoms with Gasteiger partial charge in [0, 0.05) is 25.8 Å². The fourth-order valence-electron chi connectivity index (χ4n) is 3.52. The lowest BCUT2D eigenvalue weighted by atomic mass is 9.87. The first-order valence-electron chi connectivity index (χ1n) is 11.0. The molecule has 6 nitrogen and oxygen atoms in total. The van der Waals surface area contributed by atoms with Crippen molar-refractivity contribution in [1.29, 1.82) is 0 Å². The molecule has 1 fully saturated rings. The number of carbonyl (C=O) groups excluding carboxylic acids is 1. The van der Waals surface area contributed by atoms with Crippen molar-refractivity contribution in [3.05, 3.63) is 64.9 Å². The third-order valence-corrected chi connectivity index (χ3v) is 5.75. The first-order chi connectivity index (χ1) is 15.7. The van der Waals surface area contributed by atoms with Crippen LogP contribution in [-0.2, 0) is 21.6 Å². The van der Waals surface area contributed by atoms with Crippen LogP contribution >= 0.6 is 12.2 Å². The van der Waals surface area contributed by atoms with E-state index >= 15 is 0 Å². The van der Waals surface area contributed by atoms with Crippen molar-refractivity contribution in [2.75, 3.05) is 27.4 Å². The van der Waals surface area contributed by atoms with Gasteiger partial charge in [-0.2, -0.15) is 0 Å². The molecule has 0 bridgehead atoms. The summed E-state index contributed by atoms with van der Waals surface area (Å²) < 4.78 is 16.6. The van der Waals surface area contributed by atoms with Crippen molar-refractivity contribution in [2.45, 2.75) is 39.2 Å². The summed E-state index contributed by atoms with van der Waals surface area (Å²) in [5.74, 6) is 1.38. The highest BCUT2D eigenvalue weighted by Gasteiger charge is 2.30. The summed E-state index contributed by atoms with van der Waals surface area (Å²) in [6.45, 7) is 7.99. The molecule has 1 amide bonds. The van der Waals surface area contributed by atoms with E-state index in [1.54, 1.807) is 25.2 Å². The zero-order valence-electron chi connectivity index (χ0n) is 19.9. The summed E-state index contributed by atoms with van der Waals surface area (Å²) in [7, 11) is 3.27. The summed E-state index contributed by atoms with van der Waals surface area (Å²) in [6, 6.07) is 13.9. The highest BCUT2D eigenvalue weighted by Crippen LogP contribution is 2.27. The quantitative estimate of drug-likeness (QED) is 0.328. The molecule has 0 radical (unpaired) electrons. The largest absolute Gasteiger partial charge is 0.496 e. The SMILES string of the molecule is COCCCN1C(=O)/C(=C\c2ccc(OC)c(COc3ccc(C(C)(C)C)cc3)c2)NC1=S. The second-order valence-electron chi connectivity index (χ2n) is 8.93. The molecule has 1 heterocycles. The van der Waals surface area contributed by atoms with Crippen molar-refractivity contribution in [2.24, 2.45) is 0 Å². The average Bonchev–Trinajstić information content (AvgIpc) is 3.05. The van der Waals surface area contributed by atoms with Crippen molar-refractivity contribution in [3.8, 4) is 11.5 Å². The molecule has 1 aliphatic heterocycles. The molecule has 176 valence electrons. The van der Waals surface area contributed by atoms with Crippen LogP contribution in [0.5, 0.6) is 11.5 Å². The topological polar surface area (TPSA) is 60.0 Å². The second-order valence-corrected chi connectivity index (χ2v) is 9.31. The Labute approximate surface area is 201 Å². The Hall–Kier alpha value is -2.90. The van der Waals surface area contributed by atoms with E-state index in [4.69, 9.17) is 26.4 Å². The van der Waals surface area contributed by atoms with Gasteiger partial charge in [0.25, 0.3) is 5.91 Å². The Kier molecular flexibility index (Phi) is 8.10. The van der Waals surface area contributed by atoms with Crippen molar-refractivity contribution >= 4 is 29.3 Å². The number of nitrogens with one attached hydrogen (secondary N) is 1. The van der Waals surface area contributed by atoms with Crippen LogP contribution < -0.4 is 14.8 Å². The number of ether oxygens (including phenoxy) is 3. The van der Waals surface area contributed by atoms with E-state index < -0.39 is 0 Å². The highest BCUT2D eigenvalue weighted by atomic mass is 32.1. The van der Waals surface area contributed by atoms with Crippen LogP contribution in [0.4, 0.5) is 0 Å². The third-order valence-electron chi connectivity index (χ3n) is 5.42. The highest BCUT2D eigenvalue weighted by molar-refractivity contribution is 7.80. The van der Waals surface area contributed by atoms with Gasteiger partial charge >= 0.3 is 0 Å². The minimum absolute atomic E-state index is 0.0942. The Bertz CT molecular complexity index is 1030. The lowest BCUT2D eigenvalue weighted by Crippen LogP contribution is -2.32. The Balaban J connectivity index is 1.73. The average molecular weight is 469 g/mol. The van der Waals surface area contributed by atoms with Crippen LogP contribution in [0.1, 0.15) is 43.9 Å². The van der Waals surface area contributed by atoms with Gasteiger partial charge in [-0.15, -0.1) is 0 Å². The smallest absolute Gasteiger partial charge is 0.276 e. The summed E-state index contributed by atoms with van der Waals surface area (Å²) in [4.78, 5) is 14.3. The zero-order chi connectivity index (χ0) is 24.0. The number of hydrogen-bond acceptors (Lipinski definition) is 5. The van der Waals surface area contributed by atoms with E-state index in [0.717, 1.165) is 29.0 Å². The number of hydrogen-bond donors (Lipinski definition) is 1. The number of amides is 1. The molecule has 0 spiro atoms. The number of rotatable bonds is 9. The summed E-state index contributed by atoms with van der Waals surface area (Å²) >= 11 is 5.33. The van der Waals surface area contributed by atoms with Gasteiger partial charge in [0.05, 0.1) is 7.11 Å². The molecule has 1 saturated heterocycles. The zero-order valence-corrected chi connectivity index (χ0v) is 20.8. The van der Waals surface area contributed by atoms with E-state index in [0.29, 0.717) is 30.6 Å². The van der Waals surface area contributed by atoms with Crippen LogP contribution in [-0.4, -0.2) is 43.3 Å². The maximum Gasteiger partial charge on any atom is 0.276 e. The van der Waals surface area contributed by atoms with E-state index in [1.807, 2.05) is 30.3 Å². The fourth-order valence-corrected chi connectivity index (χ4v) is 3.81. The van der Waals surface area contributed by atoms with Gasteiger partial charge in [0.2, 0.25) is 0 Å². The first-order valence-corrected chi connectivity index (χ1v) is 11.4. The van der Waals surface area contributed by atoms with Gasteiger partial charge < -0.3 is 19.5 Å². The molecule has 0 atom stereocenters. The third kappa shape index (κ3) is 6.33. The Morgan fingerprint density at radius 3 is 2.45 bits per heavy atom. The number of benzene rings is 2. The van der Waals surface area contributed by atoms with Gasteiger partial charge in [0.1, 0.15) is 23.8 Å². The molecule has 3 rings (SSSR count). The summed E-state index contributed by atoms with van der Waals surface area (Å²) in [6.07, 6.45) is 2.52. The molecule has 0 unspecified atom stereocenters. The second kappa shape index (κ2) is 10.8. The maximum atomic E-state index is 12.7. The van der Waals surface area contributed by atoms with E-state index in [-0.39, 0.29) is 11.3 Å². The van der Waals surface area contributed by atoms with E-state index in [9.17, 15) is 4.79 Å². The van der Waals surface area contributed by atoms with Crippen LogP contribution in [0.25, 0.3) is 6.08 Å². The molecule has 0 aliphatic carbocycles. The van der Waals surface area contributed by atoms with Gasteiger partial charge in [-0.05, 0) is 65.5 Å². The molecular formula is C26H32N2O4S. The molecule has 0 aromatic heterocycles. The molecular weight excluding hydrogens is 436 g/mol. The van der Waals surface area contributed by atoms with Crippen molar-refractivity contribution < 1.29 is 19.0 Å². The standard InChI is InChI=1S/C26H32N2O4S/c1-26(2,3)20-8-10-21(11-9-20)32-17-19-15-18(7-12-23(19)31-5)16-22-24(29)28(25(33)27-22)13-6-14-30-4/h7-12,15-16H,6,13-14,17H2,1-5H3,(H,27,33)/b22-16+.